The van der Waals surface area contributed by atoms with Crippen LogP contribution < -0.4 is 10.1 Å². The van der Waals surface area contributed by atoms with Gasteiger partial charge in [-0.1, -0.05) is 15.9 Å². The molecule has 11 heteroatoms. The molecule has 1 N–H and O–H groups in total. The quantitative estimate of drug-likeness (QED) is 0.427. The number of nitro benzene ring substituents is 1. The van der Waals surface area contributed by atoms with E-state index in [9.17, 15) is 14.9 Å². The molecule has 4 rings (SSSR count). The van der Waals surface area contributed by atoms with Crippen LogP contribution in [0.2, 0.25) is 0 Å². The number of aromatic nitrogens is 3. The second kappa shape index (κ2) is 8.44. The Morgan fingerprint density at radius 3 is 2.93 bits per heavy atom. The zero-order valence-electron chi connectivity index (χ0n) is 15.7. The first kappa shape index (κ1) is 20.4. The number of rotatable bonds is 5. The smallest absolute Gasteiger partial charge is 0.284 e. The predicted octanol–water partition coefficient (Wildman–Crippen LogP) is 3.89. The molecule has 2 heterocycles. The van der Waals surface area contributed by atoms with Gasteiger partial charge in [-0.25, -0.2) is 0 Å². The molecule has 154 valence electrons. The van der Waals surface area contributed by atoms with Crippen LogP contribution in [0.4, 0.5) is 5.69 Å². The lowest BCUT2D eigenvalue weighted by atomic mass is 10.00. The third kappa shape index (κ3) is 4.17. The van der Waals surface area contributed by atoms with E-state index in [0.717, 1.165) is 27.5 Å². The summed E-state index contributed by atoms with van der Waals surface area (Å²) in [6.45, 7) is 0.479. The summed E-state index contributed by atoms with van der Waals surface area (Å²) in [5, 5.41) is 22.8. The number of carbonyl (C=O) groups excluding carboxylic acids is 1. The highest BCUT2D eigenvalue weighted by atomic mass is 79.9. The van der Waals surface area contributed by atoms with Crippen molar-refractivity contribution in [3.05, 3.63) is 68.4 Å². The molecule has 30 heavy (non-hydrogen) atoms. The molecule has 0 spiro atoms. The van der Waals surface area contributed by atoms with Crippen molar-refractivity contribution >= 4 is 39.3 Å². The van der Waals surface area contributed by atoms with Crippen LogP contribution in [0, 0.1) is 10.1 Å². The van der Waals surface area contributed by atoms with Crippen LogP contribution in [-0.4, -0.2) is 32.2 Å². The molecule has 1 aliphatic rings. The lowest BCUT2D eigenvalue weighted by molar-refractivity contribution is -0.387. The van der Waals surface area contributed by atoms with Gasteiger partial charge in [-0.2, -0.15) is 0 Å². The number of nitrogens with one attached hydrogen (secondary N) is 1. The van der Waals surface area contributed by atoms with Gasteiger partial charge < -0.3 is 14.6 Å². The molecule has 2 aromatic carbocycles. The van der Waals surface area contributed by atoms with Gasteiger partial charge in [0.2, 0.25) is 0 Å². The van der Waals surface area contributed by atoms with E-state index in [2.05, 4.69) is 31.4 Å². The first-order chi connectivity index (χ1) is 14.4. The Hall–Kier alpha value is -2.92. The van der Waals surface area contributed by atoms with Crippen molar-refractivity contribution in [2.45, 2.75) is 22.5 Å². The third-order valence-electron chi connectivity index (χ3n) is 4.61. The maximum atomic E-state index is 12.8. The predicted molar refractivity (Wildman–Crippen MR) is 113 cm³/mol. The van der Waals surface area contributed by atoms with Crippen LogP contribution in [0.5, 0.6) is 5.75 Å². The van der Waals surface area contributed by atoms with E-state index in [1.165, 1.54) is 12.4 Å². The average molecular weight is 490 g/mol. The van der Waals surface area contributed by atoms with Gasteiger partial charge in [0.05, 0.1) is 22.5 Å². The van der Waals surface area contributed by atoms with E-state index < -0.39 is 4.92 Å². The van der Waals surface area contributed by atoms with Crippen molar-refractivity contribution in [1.29, 1.82) is 0 Å². The molecule has 3 aromatic rings. The summed E-state index contributed by atoms with van der Waals surface area (Å²) in [4.78, 5) is 24.3. The van der Waals surface area contributed by atoms with Crippen LogP contribution in [0.1, 0.15) is 28.4 Å². The van der Waals surface area contributed by atoms with Crippen LogP contribution in [-0.2, 0) is 7.05 Å². The van der Waals surface area contributed by atoms with E-state index in [1.54, 1.807) is 23.7 Å². The largest absolute Gasteiger partial charge is 0.493 e. The molecular formula is C19H16BrN5O4S. The minimum atomic E-state index is -0.504. The highest BCUT2D eigenvalue weighted by molar-refractivity contribution is 9.10. The standard InChI is InChI=1S/C19H16BrN5O4S/c1-24-10-21-23-19(24)30-17-5-2-11(8-15(17)25(27)28)18(26)22-14-6-7-29-16-4-3-12(20)9-13(14)16/h2-5,8-10,14H,6-7H2,1H3,(H,22,26). The number of carbonyl (C=O) groups is 1. The summed E-state index contributed by atoms with van der Waals surface area (Å²) in [5.74, 6) is 0.335. The van der Waals surface area contributed by atoms with E-state index >= 15 is 0 Å². The number of fused-ring (bicyclic) bond motifs is 1. The second-order valence-electron chi connectivity index (χ2n) is 6.61. The molecule has 0 saturated heterocycles. The summed E-state index contributed by atoms with van der Waals surface area (Å²) in [5.41, 5.74) is 0.922. The Balaban J connectivity index is 1.58. The molecule has 0 aliphatic carbocycles. The zero-order chi connectivity index (χ0) is 21.3. The van der Waals surface area contributed by atoms with Crippen molar-refractivity contribution in [1.82, 2.24) is 20.1 Å². The number of nitrogens with zero attached hydrogens (tertiary/aromatic N) is 4. The number of halogens is 1. The van der Waals surface area contributed by atoms with Gasteiger partial charge >= 0.3 is 0 Å². The normalized spacial score (nSPS) is 15.2. The number of benzene rings is 2. The SMILES string of the molecule is Cn1cnnc1Sc1ccc(C(=O)NC2CCOc3ccc(Br)cc32)cc1[N+](=O)[O-]. The highest BCUT2D eigenvalue weighted by Gasteiger charge is 2.25. The van der Waals surface area contributed by atoms with E-state index in [1.807, 2.05) is 18.2 Å². The molecule has 1 amide bonds. The number of hydrogen-bond acceptors (Lipinski definition) is 7. The first-order valence-corrected chi connectivity index (χ1v) is 10.6. The highest BCUT2D eigenvalue weighted by Crippen LogP contribution is 2.36. The molecule has 0 fully saturated rings. The number of aryl methyl sites for hydroxylation is 1. The minimum Gasteiger partial charge on any atom is -0.493 e. The van der Waals surface area contributed by atoms with Gasteiger partial charge in [-0.05, 0) is 42.1 Å². The van der Waals surface area contributed by atoms with Gasteiger partial charge in [0.25, 0.3) is 11.6 Å². The van der Waals surface area contributed by atoms with Crippen LogP contribution in [0.3, 0.4) is 0 Å². The van der Waals surface area contributed by atoms with Crippen molar-refractivity contribution in [2.24, 2.45) is 7.05 Å². The first-order valence-electron chi connectivity index (χ1n) is 8.96. The Morgan fingerprint density at radius 1 is 1.37 bits per heavy atom. The van der Waals surface area contributed by atoms with Gasteiger partial charge in [-0.15, -0.1) is 10.2 Å². The lowest BCUT2D eigenvalue weighted by Gasteiger charge is -2.27. The molecule has 1 aliphatic heterocycles. The Bertz CT molecular complexity index is 1140. The lowest BCUT2D eigenvalue weighted by Crippen LogP contribution is -2.32. The van der Waals surface area contributed by atoms with Crippen molar-refractivity contribution < 1.29 is 14.5 Å². The Labute approximate surface area is 184 Å². The van der Waals surface area contributed by atoms with E-state index in [-0.39, 0.29) is 23.2 Å². The number of amides is 1. The van der Waals surface area contributed by atoms with Gasteiger partial charge in [0, 0.05) is 35.1 Å². The molecule has 1 atom stereocenters. The summed E-state index contributed by atoms with van der Waals surface area (Å²) in [6, 6.07) is 9.80. The van der Waals surface area contributed by atoms with Crippen molar-refractivity contribution in [3.63, 3.8) is 0 Å². The molecule has 9 nitrogen and oxygen atoms in total. The second-order valence-corrected chi connectivity index (χ2v) is 8.54. The molecular weight excluding hydrogens is 474 g/mol. The minimum absolute atomic E-state index is 0.161. The summed E-state index contributed by atoms with van der Waals surface area (Å²) in [6.07, 6.45) is 2.12. The Kier molecular flexibility index (Phi) is 5.73. The number of hydrogen-bond donors (Lipinski definition) is 1. The maximum Gasteiger partial charge on any atom is 0.284 e. The van der Waals surface area contributed by atoms with Crippen LogP contribution in [0.25, 0.3) is 0 Å². The summed E-state index contributed by atoms with van der Waals surface area (Å²) < 4.78 is 8.19. The van der Waals surface area contributed by atoms with E-state index in [4.69, 9.17) is 4.74 Å². The van der Waals surface area contributed by atoms with Gasteiger partial charge in [0.15, 0.2) is 5.16 Å². The third-order valence-corrected chi connectivity index (χ3v) is 6.22. The van der Waals surface area contributed by atoms with Crippen molar-refractivity contribution in [2.75, 3.05) is 6.61 Å². The zero-order valence-corrected chi connectivity index (χ0v) is 18.1. The molecule has 0 saturated carbocycles. The summed E-state index contributed by atoms with van der Waals surface area (Å²) >= 11 is 4.55. The molecule has 1 unspecified atom stereocenters. The fraction of sp³-hybridized carbons (Fsp3) is 0.211. The van der Waals surface area contributed by atoms with Crippen LogP contribution in [0.15, 0.2) is 57.3 Å². The number of nitro groups is 1. The fourth-order valence-corrected chi connectivity index (χ4v) is 4.34. The topological polar surface area (TPSA) is 112 Å². The maximum absolute atomic E-state index is 12.8. The molecule has 0 radical (unpaired) electrons. The molecule has 1 aromatic heterocycles. The average Bonchev–Trinajstić information content (AvgIpc) is 3.13. The number of ether oxygens (including phenoxy) is 1. The van der Waals surface area contributed by atoms with Crippen LogP contribution >= 0.6 is 27.7 Å². The monoisotopic (exact) mass is 489 g/mol. The van der Waals surface area contributed by atoms with Crippen molar-refractivity contribution in [3.8, 4) is 5.75 Å². The van der Waals surface area contributed by atoms with Gasteiger partial charge in [-0.3, -0.25) is 14.9 Å². The van der Waals surface area contributed by atoms with E-state index in [0.29, 0.717) is 23.1 Å². The molecule has 0 bridgehead atoms. The fourth-order valence-electron chi connectivity index (χ4n) is 3.11. The summed E-state index contributed by atoms with van der Waals surface area (Å²) in [7, 11) is 1.75. The Morgan fingerprint density at radius 2 is 2.20 bits per heavy atom. The van der Waals surface area contributed by atoms with Gasteiger partial charge in [0.1, 0.15) is 12.1 Å².